The van der Waals surface area contributed by atoms with E-state index in [1.165, 1.54) is 0 Å². The van der Waals surface area contributed by atoms with Gasteiger partial charge in [-0.15, -0.1) is 0 Å². The van der Waals surface area contributed by atoms with Gasteiger partial charge >= 0.3 is 0 Å². The standard InChI is InChI=1S/C6H10BNO2/c7-6(10)8-4-2-1-3-5(4)9/h4-5,9H,1-3H2,(H,8,10)/t4-,5-/m1/s1. The molecule has 2 radical (unpaired) electrons. The van der Waals surface area contributed by atoms with Crippen LogP contribution in [0.5, 0.6) is 0 Å². The molecule has 54 valence electrons. The molecule has 2 N–H and O–H groups in total. The number of carbonyl (C=O) groups excluding carboxylic acids is 1. The van der Waals surface area contributed by atoms with Gasteiger partial charge in [-0.3, -0.25) is 4.79 Å². The minimum absolute atomic E-state index is 0.113. The highest BCUT2D eigenvalue weighted by Gasteiger charge is 2.24. The summed E-state index contributed by atoms with van der Waals surface area (Å²) in [5, 5.41) is 11.6. The Morgan fingerprint density at radius 1 is 1.60 bits per heavy atom. The molecule has 0 aromatic heterocycles. The highest BCUT2D eigenvalue weighted by molar-refractivity contribution is 6.57. The van der Waals surface area contributed by atoms with Crippen LogP contribution in [0, 0.1) is 0 Å². The van der Waals surface area contributed by atoms with E-state index >= 15 is 0 Å². The zero-order valence-corrected chi connectivity index (χ0v) is 5.71. The molecule has 10 heavy (non-hydrogen) atoms. The van der Waals surface area contributed by atoms with Crippen LogP contribution in [0.15, 0.2) is 0 Å². The molecule has 0 spiro atoms. The van der Waals surface area contributed by atoms with Crippen LogP contribution in [0.3, 0.4) is 0 Å². The Kier molecular flexibility index (Phi) is 2.32. The molecule has 2 atom stereocenters. The molecule has 0 bridgehead atoms. The van der Waals surface area contributed by atoms with E-state index in [2.05, 4.69) is 5.32 Å². The summed E-state index contributed by atoms with van der Waals surface area (Å²) in [5.74, 6) is -0.550. The maximum Gasteiger partial charge on any atom is 0.200 e. The zero-order chi connectivity index (χ0) is 7.56. The van der Waals surface area contributed by atoms with Crippen LogP contribution >= 0.6 is 0 Å². The summed E-state index contributed by atoms with van der Waals surface area (Å²) in [4.78, 5) is 10.3. The van der Waals surface area contributed by atoms with Gasteiger partial charge in [0.2, 0.25) is 7.85 Å². The molecule has 3 nitrogen and oxygen atoms in total. The first-order chi connectivity index (χ1) is 4.70. The van der Waals surface area contributed by atoms with Crippen molar-refractivity contribution in [2.24, 2.45) is 0 Å². The molecule has 4 heteroatoms. The SMILES string of the molecule is [B]C(=O)N[C@@H]1CCC[C@H]1O. The van der Waals surface area contributed by atoms with Gasteiger partial charge in [-0.2, -0.15) is 0 Å². The van der Waals surface area contributed by atoms with E-state index in [0.29, 0.717) is 0 Å². The van der Waals surface area contributed by atoms with Crippen LogP contribution in [0.1, 0.15) is 19.3 Å². The van der Waals surface area contributed by atoms with E-state index in [1.54, 1.807) is 0 Å². The van der Waals surface area contributed by atoms with Crippen LogP contribution in [-0.2, 0) is 0 Å². The predicted octanol–water partition coefficient (Wildman–Crippen LogP) is -0.222. The van der Waals surface area contributed by atoms with Crippen LogP contribution in [0.4, 0.5) is 4.79 Å². The van der Waals surface area contributed by atoms with Crippen LogP contribution < -0.4 is 5.32 Å². The molecule has 1 fully saturated rings. The van der Waals surface area contributed by atoms with Crippen molar-refractivity contribution in [3.05, 3.63) is 0 Å². The van der Waals surface area contributed by atoms with Crippen molar-refractivity contribution in [2.75, 3.05) is 0 Å². The third-order valence-electron chi connectivity index (χ3n) is 1.81. The number of amides is 1. The van der Waals surface area contributed by atoms with Gasteiger partial charge in [0, 0.05) is 0 Å². The summed E-state index contributed by atoms with van der Waals surface area (Å²) in [6.07, 6.45) is 2.17. The molecule has 0 heterocycles. The summed E-state index contributed by atoms with van der Waals surface area (Å²) in [6.45, 7) is 0. The smallest absolute Gasteiger partial charge is 0.200 e. The normalized spacial score (nSPS) is 32.1. The van der Waals surface area contributed by atoms with Gasteiger partial charge in [-0.25, -0.2) is 0 Å². The van der Waals surface area contributed by atoms with Crippen LogP contribution in [-0.4, -0.2) is 30.9 Å². The lowest BCUT2D eigenvalue weighted by atomic mass is 10.1. The van der Waals surface area contributed by atoms with Crippen molar-refractivity contribution in [3.63, 3.8) is 0 Å². The first-order valence-electron chi connectivity index (χ1n) is 3.44. The van der Waals surface area contributed by atoms with Gasteiger partial charge in [-0.05, 0) is 19.3 Å². The van der Waals surface area contributed by atoms with Gasteiger partial charge < -0.3 is 10.4 Å². The van der Waals surface area contributed by atoms with Crippen molar-refractivity contribution in [2.45, 2.75) is 31.4 Å². The number of nitrogens with one attached hydrogen (secondary N) is 1. The Morgan fingerprint density at radius 3 is 2.70 bits per heavy atom. The van der Waals surface area contributed by atoms with E-state index in [4.69, 9.17) is 13.0 Å². The quantitative estimate of drug-likeness (QED) is 0.493. The number of hydrogen-bond donors (Lipinski definition) is 2. The second-order valence-corrected chi connectivity index (χ2v) is 2.61. The lowest BCUT2D eigenvalue weighted by molar-refractivity contribution is 0.153. The van der Waals surface area contributed by atoms with Crippen molar-refractivity contribution < 1.29 is 9.90 Å². The lowest BCUT2D eigenvalue weighted by Gasteiger charge is -2.14. The van der Waals surface area contributed by atoms with E-state index in [0.717, 1.165) is 19.3 Å². The number of rotatable bonds is 1. The van der Waals surface area contributed by atoms with E-state index in [-0.39, 0.29) is 6.04 Å². The van der Waals surface area contributed by atoms with E-state index in [1.807, 2.05) is 0 Å². The average molecular weight is 139 g/mol. The molecule has 0 aliphatic heterocycles. The highest BCUT2D eigenvalue weighted by Crippen LogP contribution is 2.18. The number of hydrogen-bond acceptors (Lipinski definition) is 2. The Balaban J connectivity index is 2.33. The summed E-state index contributed by atoms with van der Waals surface area (Å²) in [6, 6.07) is -0.113. The highest BCUT2D eigenvalue weighted by atomic mass is 16.3. The van der Waals surface area contributed by atoms with Crippen molar-refractivity contribution in [3.8, 4) is 0 Å². The van der Waals surface area contributed by atoms with Gasteiger partial charge in [-0.1, -0.05) is 0 Å². The van der Waals surface area contributed by atoms with E-state index < -0.39 is 11.9 Å². The van der Waals surface area contributed by atoms with Crippen molar-refractivity contribution >= 4 is 13.7 Å². The van der Waals surface area contributed by atoms with Gasteiger partial charge in [0.15, 0.2) is 5.81 Å². The molecule has 0 saturated heterocycles. The molecule has 1 aliphatic rings. The maximum atomic E-state index is 10.3. The fourth-order valence-corrected chi connectivity index (χ4v) is 1.29. The largest absolute Gasteiger partial charge is 0.391 e. The molecular formula is C6H10BNO2. The Hall–Kier alpha value is -0.505. The molecule has 1 aliphatic carbocycles. The van der Waals surface area contributed by atoms with Crippen molar-refractivity contribution in [1.82, 2.24) is 5.32 Å². The molecule has 0 aromatic rings. The lowest BCUT2D eigenvalue weighted by Crippen LogP contribution is -2.39. The fraction of sp³-hybridized carbons (Fsp3) is 0.833. The first-order valence-corrected chi connectivity index (χ1v) is 3.44. The summed E-state index contributed by atoms with van der Waals surface area (Å²) in [7, 11) is 4.87. The van der Waals surface area contributed by atoms with Crippen LogP contribution in [0.2, 0.25) is 0 Å². The Labute approximate surface area is 61.2 Å². The van der Waals surface area contributed by atoms with Gasteiger partial charge in [0.1, 0.15) is 0 Å². The minimum Gasteiger partial charge on any atom is -0.391 e. The molecule has 1 amide bonds. The molecular weight excluding hydrogens is 129 g/mol. The number of aliphatic hydroxyl groups excluding tert-OH is 1. The van der Waals surface area contributed by atoms with E-state index in [9.17, 15) is 4.79 Å². The monoisotopic (exact) mass is 139 g/mol. The summed E-state index contributed by atoms with van der Waals surface area (Å²) >= 11 is 0. The predicted molar refractivity (Wildman–Crippen MR) is 37.9 cm³/mol. The van der Waals surface area contributed by atoms with Crippen molar-refractivity contribution in [1.29, 1.82) is 0 Å². The second-order valence-electron chi connectivity index (χ2n) is 2.61. The fourth-order valence-electron chi connectivity index (χ4n) is 1.29. The first kappa shape index (κ1) is 7.60. The second kappa shape index (κ2) is 3.06. The average Bonchev–Trinajstić information content (AvgIpc) is 2.15. The van der Waals surface area contributed by atoms with Crippen LogP contribution in [0.25, 0.3) is 0 Å². The topological polar surface area (TPSA) is 49.3 Å². The molecule has 1 saturated carbocycles. The minimum atomic E-state index is -0.550. The summed E-state index contributed by atoms with van der Waals surface area (Å²) in [5.41, 5.74) is 0. The molecule has 0 aromatic carbocycles. The molecule has 0 unspecified atom stereocenters. The number of aliphatic hydroxyl groups is 1. The Morgan fingerprint density at radius 2 is 2.30 bits per heavy atom. The van der Waals surface area contributed by atoms with Gasteiger partial charge in [0.05, 0.1) is 12.1 Å². The zero-order valence-electron chi connectivity index (χ0n) is 5.71. The Bertz CT molecular complexity index is 140. The molecule has 1 rings (SSSR count). The van der Waals surface area contributed by atoms with Gasteiger partial charge in [0.25, 0.3) is 0 Å². The maximum absolute atomic E-state index is 10.3. The summed E-state index contributed by atoms with van der Waals surface area (Å²) < 4.78 is 0. The third-order valence-corrected chi connectivity index (χ3v) is 1.81. The third kappa shape index (κ3) is 1.74. The number of carbonyl (C=O) groups is 1.